The molecule has 0 saturated heterocycles. The number of nitrogens with zero attached hydrogens (tertiary/aromatic N) is 1. The summed E-state index contributed by atoms with van der Waals surface area (Å²) < 4.78 is 1.16. The Hall–Kier alpha value is -1.59. The van der Waals surface area contributed by atoms with Crippen LogP contribution in [0.4, 0.5) is 5.69 Å². The first-order valence-electron chi connectivity index (χ1n) is 5.88. The van der Waals surface area contributed by atoms with Gasteiger partial charge in [0.05, 0.1) is 12.2 Å². The molecule has 0 atom stereocenters. The van der Waals surface area contributed by atoms with Crippen molar-refractivity contribution >= 4 is 33.0 Å². The fourth-order valence-electron chi connectivity index (χ4n) is 1.85. The molecule has 19 heavy (non-hydrogen) atoms. The van der Waals surface area contributed by atoms with Crippen LogP contribution in [0, 0.1) is 0 Å². The normalized spacial score (nSPS) is 10.6. The van der Waals surface area contributed by atoms with Crippen LogP contribution in [-0.2, 0) is 6.54 Å². The maximum atomic E-state index is 3.98. The van der Waals surface area contributed by atoms with E-state index < -0.39 is 0 Å². The molecule has 2 heterocycles. The molecule has 0 spiro atoms. The van der Waals surface area contributed by atoms with E-state index in [9.17, 15) is 0 Å². The second-order valence-corrected chi connectivity index (χ2v) is 5.95. The molecule has 0 aliphatic rings. The second-order valence-electron chi connectivity index (χ2n) is 4.10. The van der Waals surface area contributed by atoms with Crippen LogP contribution in [0.5, 0.6) is 0 Å². The zero-order valence-corrected chi connectivity index (χ0v) is 12.5. The molecule has 0 bridgehead atoms. The minimum absolute atomic E-state index is 0.824. The van der Waals surface area contributed by atoms with Crippen molar-refractivity contribution in [2.24, 2.45) is 0 Å². The molecular formula is C14H12BrN3S. The van der Waals surface area contributed by atoms with Crippen LogP contribution in [0.1, 0.15) is 4.88 Å². The third-order valence-corrected chi connectivity index (χ3v) is 4.74. The fraction of sp³-hybridized carbons (Fsp3) is 0.0714. The number of H-pyrrole nitrogens is 1. The number of aromatic amines is 1. The summed E-state index contributed by atoms with van der Waals surface area (Å²) in [6, 6.07) is 12.3. The minimum atomic E-state index is 0.824. The van der Waals surface area contributed by atoms with Gasteiger partial charge in [0, 0.05) is 26.8 Å². The summed E-state index contributed by atoms with van der Waals surface area (Å²) in [5, 5.41) is 12.5. The number of benzene rings is 1. The van der Waals surface area contributed by atoms with Crippen molar-refractivity contribution in [2.75, 3.05) is 5.32 Å². The Morgan fingerprint density at radius 3 is 2.95 bits per heavy atom. The van der Waals surface area contributed by atoms with Gasteiger partial charge in [0.1, 0.15) is 0 Å². The largest absolute Gasteiger partial charge is 0.380 e. The van der Waals surface area contributed by atoms with Crippen LogP contribution in [0.15, 0.2) is 52.4 Å². The van der Waals surface area contributed by atoms with Crippen LogP contribution >= 0.6 is 27.3 Å². The van der Waals surface area contributed by atoms with E-state index in [4.69, 9.17) is 0 Å². The van der Waals surface area contributed by atoms with E-state index >= 15 is 0 Å². The summed E-state index contributed by atoms with van der Waals surface area (Å²) in [4.78, 5) is 1.30. The van der Waals surface area contributed by atoms with E-state index in [0.29, 0.717) is 0 Å². The van der Waals surface area contributed by atoms with Crippen molar-refractivity contribution in [1.29, 1.82) is 0 Å². The predicted molar refractivity (Wildman–Crippen MR) is 83.4 cm³/mol. The van der Waals surface area contributed by atoms with Gasteiger partial charge < -0.3 is 5.32 Å². The molecule has 5 heteroatoms. The highest BCUT2D eigenvalue weighted by molar-refractivity contribution is 9.10. The Labute approximate surface area is 123 Å². The maximum Gasteiger partial charge on any atom is 0.0650 e. The summed E-state index contributed by atoms with van der Waals surface area (Å²) in [6.07, 6.45) is 1.76. The number of halogens is 1. The summed E-state index contributed by atoms with van der Waals surface area (Å²) in [6.45, 7) is 0.824. The lowest BCUT2D eigenvalue weighted by atomic mass is 10.1. The van der Waals surface area contributed by atoms with Gasteiger partial charge in [-0.3, -0.25) is 5.10 Å². The Morgan fingerprint density at radius 2 is 2.21 bits per heavy atom. The maximum absolute atomic E-state index is 3.98. The molecule has 3 rings (SSSR count). The first-order chi connectivity index (χ1) is 9.33. The van der Waals surface area contributed by atoms with Gasteiger partial charge in [-0.1, -0.05) is 12.1 Å². The van der Waals surface area contributed by atoms with E-state index in [1.54, 1.807) is 17.5 Å². The molecule has 1 aromatic carbocycles. The predicted octanol–water partition coefficient (Wildman–Crippen LogP) is 4.51. The summed E-state index contributed by atoms with van der Waals surface area (Å²) in [5.74, 6) is 0. The zero-order chi connectivity index (χ0) is 13.1. The number of nitrogens with one attached hydrogen (secondary N) is 2. The lowest BCUT2D eigenvalue weighted by Crippen LogP contribution is -1.97. The molecule has 96 valence electrons. The third-order valence-electron chi connectivity index (χ3n) is 2.82. The minimum Gasteiger partial charge on any atom is -0.380 e. The number of hydrogen-bond acceptors (Lipinski definition) is 3. The van der Waals surface area contributed by atoms with Crippen molar-refractivity contribution in [3.05, 3.63) is 57.3 Å². The zero-order valence-electron chi connectivity index (χ0n) is 10.1. The Balaban J connectivity index is 1.75. The second kappa shape index (κ2) is 5.59. The molecule has 3 nitrogen and oxygen atoms in total. The van der Waals surface area contributed by atoms with Gasteiger partial charge >= 0.3 is 0 Å². The summed E-state index contributed by atoms with van der Waals surface area (Å²) in [7, 11) is 0. The van der Waals surface area contributed by atoms with Crippen LogP contribution in [0.2, 0.25) is 0 Å². The molecular weight excluding hydrogens is 322 g/mol. The quantitative estimate of drug-likeness (QED) is 0.737. The molecule has 0 unspecified atom stereocenters. The average molecular weight is 334 g/mol. The number of thiophene rings is 1. The van der Waals surface area contributed by atoms with Gasteiger partial charge in [0.15, 0.2) is 0 Å². The van der Waals surface area contributed by atoms with Gasteiger partial charge in [0.2, 0.25) is 0 Å². The fourth-order valence-corrected chi connectivity index (χ4v) is 3.28. The Kier molecular flexibility index (Phi) is 3.66. The third kappa shape index (κ3) is 2.88. The Morgan fingerprint density at radius 1 is 1.26 bits per heavy atom. The monoisotopic (exact) mass is 333 g/mol. The van der Waals surface area contributed by atoms with E-state index in [2.05, 4.69) is 61.1 Å². The van der Waals surface area contributed by atoms with E-state index in [1.807, 2.05) is 12.1 Å². The lowest BCUT2D eigenvalue weighted by molar-refractivity contribution is 1.09. The van der Waals surface area contributed by atoms with Crippen LogP contribution in [0.25, 0.3) is 11.3 Å². The summed E-state index contributed by atoms with van der Waals surface area (Å²) >= 11 is 5.29. The smallest absolute Gasteiger partial charge is 0.0650 e. The van der Waals surface area contributed by atoms with Gasteiger partial charge in [-0.25, -0.2) is 0 Å². The highest BCUT2D eigenvalue weighted by atomic mass is 79.9. The molecule has 0 saturated carbocycles. The van der Waals surface area contributed by atoms with Gasteiger partial charge in [-0.05, 0) is 45.6 Å². The first-order valence-corrected chi connectivity index (χ1v) is 7.56. The molecule has 0 aliphatic heterocycles. The molecule has 3 aromatic rings. The number of hydrogen-bond donors (Lipinski definition) is 2. The Bertz CT molecular complexity index is 661. The summed E-state index contributed by atoms with van der Waals surface area (Å²) in [5.41, 5.74) is 3.26. The van der Waals surface area contributed by atoms with Gasteiger partial charge in [0.25, 0.3) is 0 Å². The average Bonchev–Trinajstić information content (AvgIpc) is 3.08. The van der Waals surface area contributed by atoms with Crippen molar-refractivity contribution < 1.29 is 0 Å². The van der Waals surface area contributed by atoms with E-state index in [-0.39, 0.29) is 0 Å². The van der Waals surface area contributed by atoms with Crippen LogP contribution < -0.4 is 5.32 Å². The van der Waals surface area contributed by atoms with Crippen molar-refractivity contribution in [3.8, 4) is 11.3 Å². The first kappa shape index (κ1) is 12.4. The van der Waals surface area contributed by atoms with Gasteiger partial charge in [-0.15, -0.1) is 11.3 Å². The van der Waals surface area contributed by atoms with E-state index in [0.717, 1.165) is 28.0 Å². The van der Waals surface area contributed by atoms with Crippen molar-refractivity contribution in [3.63, 3.8) is 0 Å². The molecule has 2 N–H and O–H groups in total. The molecule has 2 aromatic heterocycles. The topological polar surface area (TPSA) is 40.7 Å². The van der Waals surface area contributed by atoms with Gasteiger partial charge in [-0.2, -0.15) is 5.10 Å². The van der Waals surface area contributed by atoms with Crippen molar-refractivity contribution in [1.82, 2.24) is 10.2 Å². The number of anilines is 1. The van der Waals surface area contributed by atoms with Crippen LogP contribution in [0.3, 0.4) is 0 Å². The van der Waals surface area contributed by atoms with Crippen LogP contribution in [-0.4, -0.2) is 10.2 Å². The van der Waals surface area contributed by atoms with E-state index in [1.165, 1.54) is 4.88 Å². The lowest BCUT2D eigenvalue weighted by Gasteiger charge is -2.07. The molecule has 0 radical (unpaired) electrons. The number of rotatable bonds is 4. The molecule has 0 aliphatic carbocycles. The highest BCUT2D eigenvalue weighted by Gasteiger charge is 2.03. The molecule has 0 fully saturated rings. The van der Waals surface area contributed by atoms with Crippen molar-refractivity contribution in [2.45, 2.75) is 6.54 Å². The SMILES string of the molecule is Brc1ccsc1CNc1cccc(-c2ccn[nH]2)c1. The molecule has 0 amide bonds. The number of aromatic nitrogens is 2. The standard InChI is InChI=1S/C14H12BrN3S/c15-12-5-7-19-14(12)9-16-11-3-1-2-10(8-11)13-4-6-17-18-13/h1-8,16H,9H2,(H,17,18). The highest BCUT2D eigenvalue weighted by Crippen LogP contribution is 2.25.